The molecule has 4 aromatic rings. The Labute approximate surface area is 203 Å². The lowest BCUT2D eigenvalue weighted by Crippen LogP contribution is -2.40. The predicted molar refractivity (Wildman–Crippen MR) is 137 cm³/mol. The van der Waals surface area contributed by atoms with E-state index in [0.29, 0.717) is 20.1 Å². The van der Waals surface area contributed by atoms with E-state index >= 15 is 0 Å². The van der Waals surface area contributed by atoms with Crippen LogP contribution in [0.4, 0.5) is 0 Å². The molecule has 0 aliphatic carbocycles. The summed E-state index contributed by atoms with van der Waals surface area (Å²) < 4.78 is 0. The number of hydrogen-bond acceptors (Lipinski definition) is 1. The Hall–Kier alpha value is -1.57. The average Bonchev–Trinajstić information content (AvgIpc) is 2.80. The van der Waals surface area contributed by atoms with E-state index in [2.05, 4.69) is 0 Å². The fraction of sp³-hybridized carbons (Fsp3) is 0.0400. The minimum atomic E-state index is -2.58. The summed E-state index contributed by atoms with van der Waals surface area (Å²) in [5.74, 6) is 0. The molecular formula is C25H19Cl4OP. The first kappa shape index (κ1) is 24.1. The maximum Gasteiger partial charge on any atom is 0.150 e. The molecule has 0 aromatic heterocycles. The van der Waals surface area contributed by atoms with Crippen molar-refractivity contribution >= 4 is 74.9 Å². The third kappa shape index (κ3) is 4.50. The molecule has 1 nitrogen and oxygen atoms in total. The lowest BCUT2D eigenvalue weighted by atomic mass is 10.3. The van der Waals surface area contributed by atoms with E-state index in [1.54, 1.807) is 0 Å². The molecule has 4 aromatic carbocycles. The Balaban J connectivity index is 0.00000132. The second-order valence-corrected chi connectivity index (χ2v) is 11.4. The minimum Gasteiger partial charge on any atom is -0.857 e. The van der Waals surface area contributed by atoms with Crippen LogP contribution in [0.5, 0.6) is 0 Å². The summed E-state index contributed by atoms with van der Waals surface area (Å²) >= 11 is 27.3. The number of rotatable bonds is 4. The van der Waals surface area contributed by atoms with Crippen LogP contribution in [0.1, 0.15) is 0 Å². The van der Waals surface area contributed by atoms with Crippen LogP contribution in [0.25, 0.3) is 0 Å². The van der Waals surface area contributed by atoms with Gasteiger partial charge in [0.25, 0.3) is 0 Å². The van der Waals surface area contributed by atoms with Crippen LogP contribution in [-0.4, -0.2) is 7.11 Å². The van der Waals surface area contributed by atoms with Gasteiger partial charge in [-0.1, -0.05) is 94.9 Å². The molecule has 0 aliphatic rings. The van der Waals surface area contributed by atoms with Gasteiger partial charge in [-0.05, 0) is 48.5 Å². The largest absolute Gasteiger partial charge is 0.857 e. The molecule has 158 valence electrons. The molecule has 0 saturated carbocycles. The lowest BCUT2D eigenvalue weighted by Gasteiger charge is -2.30. The Bertz CT molecular complexity index is 992. The van der Waals surface area contributed by atoms with Crippen LogP contribution in [0.3, 0.4) is 0 Å². The maximum atomic E-state index is 8.25. The number of halogens is 4. The Morgan fingerprint density at radius 2 is 0.613 bits per heavy atom. The molecule has 0 radical (unpaired) electrons. The second kappa shape index (κ2) is 10.8. The van der Waals surface area contributed by atoms with E-state index < -0.39 is 7.26 Å². The smallest absolute Gasteiger partial charge is 0.150 e. The van der Waals surface area contributed by atoms with Crippen molar-refractivity contribution in [2.24, 2.45) is 0 Å². The number of hydrogen-bond donors (Lipinski definition) is 0. The highest BCUT2D eigenvalue weighted by Gasteiger charge is 2.52. The van der Waals surface area contributed by atoms with Gasteiger partial charge < -0.3 is 5.11 Å². The van der Waals surface area contributed by atoms with Gasteiger partial charge in [0.15, 0.2) is 7.26 Å². The maximum absolute atomic E-state index is 8.25. The zero-order valence-corrected chi connectivity index (χ0v) is 20.5. The van der Waals surface area contributed by atoms with Crippen molar-refractivity contribution in [2.45, 2.75) is 0 Å². The van der Waals surface area contributed by atoms with Crippen LogP contribution < -0.4 is 26.3 Å². The van der Waals surface area contributed by atoms with Gasteiger partial charge in [-0.2, -0.15) is 7.11 Å². The molecule has 0 atom stereocenters. The summed E-state index contributed by atoms with van der Waals surface area (Å²) in [4.78, 5) is 0. The molecule has 0 amide bonds. The summed E-state index contributed by atoms with van der Waals surface area (Å²) in [6.07, 6.45) is 0. The van der Waals surface area contributed by atoms with Crippen molar-refractivity contribution in [3.63, 3.8) is 0 Å². The van der Waals surface area contributed by atoms with Crippen molar-refractivity contribution < 1.29 is 5.11 Å². The van der Waals surface area contributed by atoms with Gasteiger partial charge in [-0.15, -0.1) is 0 Å². The molecule has 31 heavy (non-hydrogen) atoms. The van der Waals surface area contributed by atoms with Crippen LogP contribution in [0.2, 0.25) is 20.1 Å². The highest BCUT2D eigenvalue weighted by Crippen LogP contribution is 2.59. The highest BCUT2D eigenvalue weighted by molar-refractivity contribution is 8.02. The van der Waals surface area contributed by atoms with Gasteiger partial charge in [-0.3, -0.25) is 0 Å². The topological polar surface area (TPSA) is 23.1 Å². The van der Waals surface area contributed by atoms with E-state index in [1.165, 1.54) is 0 Å². The SMILES string of the molecule is C[O-].Clc1ccccc1[P+](c1ccccc1Cl)(c1ccccc1Cl)c1ccccc1Cl. The van der Waals surface area contributed by atoms with Gasteiger partial charge in [0.2, 0.25) is 0 Å². The molecule has 4 rings (SSSR count). The normalized spacial score (nSPS) is 10.9. The summed E-state index contributed by atoms with van der Waals surface area (Å²) in [6, 6.07) is 31.4. The fourth-order valence-corrected chi connectivity index (χ4v) is 10.1. The number of benzene rings is 4. The van der Waals surface area contributed by atoms with Crippen molar-refractivity contribution in [3.05, 3.63) is 117 Å². The Kier molecular flexibility index (Phi) is 8.42. The van der Waals surface area contributed by atoms with Gasteiger partial charge in [0.05, 0.1) is 20.1 Å². The van der Waals surface area contributed by atoms with Crippen molar-refractivity contribution in [1.82, 2.24) is 0 Å². The summed E-state index contributed by atoms with van der Waals surface area (Å²) in [7, 11) is -1.83. The van der Waals surface area contributed by atoms with Crippen LogP contribution in [0, 0.1) is 0 Å². The van der Waals surface area contributed by atoms with E-state index in [4.69, 9.17) is 51.5 Å². The zero-order valence-electron chi connectivity index (χ0n) is 16.6. The van der Waals surface area contributed by atoms with E-state index in [-0.39, 0.29) is 0 Å². The predicted octanol–water partition coefficient (Wildman–Crippen LogP) is 5.90. The monoisotopic (exact) mass is 506 g/mol. The average molecular weight is 508 g/mol. The molecule has 0 fully saturated rings. The second-order valence-electron chi connectivity index (χ2n) is 6.48. The quantitative estimate of drug-likeness (QED) is 0.315. The van der Waals surface area contributed by atoms with Crippen LogP contribution >= 0.6 is 53.7 Å². The molecule has 0 saturated heterocycles. The highest BCUT2D eigenvalue weighted by atomic mass is 35.5. The first-order valence-electron chi connectivity index (χ1n) is 9.37. The molecule has 0 bridgehead atoms. The molecule has 0 N–H and O–H groups in total. The van der Waals surface area contributed by atoms with Crippen LogP contribution in [0.15, 0.2) is 97.1 Å². The summed E-state index contributed by atoms with van der Waals surface area (Å²) in [6.45, 7) is 0. The third-order valence-corrected chi connectivity index (χ3v) is 11.2. The molecular weight excluding hydrogens is 489 g/mol. The molecule has 0 aliphatic heterocycles. The van der Waals surface area contributed by atoms with E-state index in [1.807, 2.05) is 97.1 Å². The third-order valence-electron chi connectivity index (χ3n) is 4.86. The molecule has 0 heterocycles. The minimum absolute atomic E-state index is 0.653. The lowest BCUT2D eigenvalue weighted by molar-refractivity contribution is -0.325. The van der Waals surface area contributed by atoms with Gasteiger partial charge in [0.1, 0.15) is 21.2 Å². The van der Waals surface area contributed by atoms with Crippen LogP contribution in [-0.2, 0) is 0 Å². The first-order valence-corrected chi connectivity index (χ1v) is 12.7. The van der Waals surface area contributed by atoms with Crippen molar-refractivity contribution in [3.8, 4) is 0 Å². The van der Waals surface area contributed by atoms with E-state index in [9.17, 15) is 0 Å². The molecule has 0 spiro atoms. The van der Waals surface area contributed by atoms with E-state index in [0.717, 1.165) is 28.3 Å². The van der Waals surface area contributed by atoms with Gasteiger partial charge in [0, 0.05) is 0 Å². The van der Waals surface area contributed by atoms with Gasteiger partial charge >= 0.3 is 0 Å². The summed E-state index contributed by atoms with van der Waals surface area (Å²) in [5.41, 5.74) is 0. The zero-order chi connectivity index (χ0) is 22.4. The standard InChI is InChI=1S/C24H16Cl4P.CH3O/c25-17-9-1-5-13-21(17)29(22-14-6-2-10-18(22)26,23-15-7-3-11-19(23)27)24-16-8-4-12-20(24)28;1-2/h1-16H;1H3/q+1;-1. The fourth-order valence-electron chi connectivity index (χ4n) is 3.67. The first-order chi connectivity index (χ1) is 15.1. The Morgan fingerprint density at radius 1 is 0.419 bits per heavy atom. The Morgan fingerprint density at radius 3 is 0.806 bits per heavy atom. The molecule has 0 unspecified atom stereocenters. The van der Waals surface area contributed by atoms with Gasteiger partial charge in [-0.25, -0.2) is 0 Å². The van der Waals surface area contributed by atoms with Crippen molar-refractivity contribution in [2.75, 3.05) is 7.11 Å². The summed E-state index contributed by atoms with van der Waals surface area (Å²) in [5, 5.41) is 14.7. The van der Waals surface area contributed by atoms with Crippen molar-refractivity contribution in [1.29, 1.82) is 0 Å². The molecule has 6 heteroatoms.